The number of ether oxygens (including phenoxy) is 1. The van der Waals surface area contributed by atoms with Crippen molar-refractivity contribution in [3.63, 3.8) is 0 Å². The summed E-state index contributed by atoms with van der Waals surface area (Å²) in [6, 6.07) is 0. The monoisotopic (exact) mass is 360 g/mol. The predicted molar refractivity (Wildman–Crippen MR) is 74.9 cm³/mol. The molecule has 0 spiro atoms. The second kappa shape index (κ2) is 5.03. The molecule has 2 aromatic rings. The summed E-state index contributed by atoms with van der Waals surface area (Å²) in [7, 11) is 0. The van der Waals surface area contributed by atoms with Crippen molar-refractivity contribution in [1.82, 2.24) is 19.5 Å². The third-order valence-corrected chi connectivity index (χ3v) is 3.87. The number of aromatic nitrogens is 4. The third-order valence-electron chi connectivity index (χ3n) is 3.31. The average Bonchev–Trinajstić information content (AvgIpc) is 2.89. The van der Waals surface area contributed by atoms with Crippen LogP contribution in [0.25, 0.3) is 11.2 Å². The lowest BCUT2D eigenvalue weighted by Gasteiger charge is -2.17. The van der Waals surface area contributed by atoms with Gasteiger partial charge < -0.3 is 31.5 Å². The topological polar surface area (TPSA) is 166 Å². The highest BCUT2D eigenvalue weighted by Gasteiger charge is 2.44. The highest BCUT2D eigenvalue weighted by molar-refractivity contribution is 9.10. The van der Waals surface area contributed by atoms with Crippen LogP contribution in [0, 0.1) is 0 Å². The minimum Gasteiger partial charge on any atom is -0.394 e. The minimum atomic E-state index is -1.27. The van der Waals surface area contributed by atoms with Gasteiger partial charge in [0, 0.05) is 0 Å². The number of imidazole rings is 1. The number of hydrogen-bond acceptors (Lipinski definition) is 9. The molecule has 0 radical (unpaired) electrons. The summed E-state index contributed by atoms with van der Waals surface area (Å²) >= 11 is 3.22. The van der Waals surface area contributed by atoms with Crippen LogP contribution >= 0.6 is 15.9 Å². The summed E-state index contributed by atoms with van der Waals surface area (Å²) in [5.41, 5.74) is 11.8. The van der Waals surface area contributed by atoms with Crippen molar-refractivity contribution in [2.75, 3.05) is 18.1 Å². The molecule has 0 saturated carbocycles. The van der Waals surface area contributed by atoms with Gasteiger partial charge in [-0.15, -0.1) is 0 Å². The van der Waals surface area contributed by atoms with Crippen molar-refractivity contribution >= 4 is 38.9 Å². The average molecular weight is 361 g/mol. The van der Waals surface area contributed by atoms with Crippen LogP contribution < -0.4 is 11.5 Å². The number of nitrogen functional groups attached to an aromatic ring is 2. The van der Waals surface area contributed by atoms with E-state index in [1.807, 2.05) is 0 Å². The molecule has 1 aliphatic rings. The molecular weight excluding hydrogens is 348 g/mol. The number of fused-ring (bicyclic) bond motifs is 1. The first-order valence-corrected chi connectivity index (χ1v) is 6.82. The second-order valence-electron chi connectivity index (χ2n) is 4.62. The Labute approximate surface area is 126 Å². The lowest BCUT2D eigenvalue weighted by molar-refractivity contribution is -0.0521. The molecule has 0 aliphatic carbocycles. The van der Waals surface area contributed by atoms with Gasteiger partial charge in [-0.1, -0.05) is 0 Å². The maximum absolute atomic E-state index is 10.1. The van der Waals surface area contributed by atoms with Gasteiger partial charge >= 0.3 is 0 Å². The molecule has 10 nitrogen and oxygen atoms in total. The quantitative estimate of drug-likeness (QED) is 0.395. The summed E-state index contributed by atoms with van der Waals surface area (Å²) in [4.78, 5) is 12.0. The number of aliphatic hydroxyl groups is 3. The van der Waals surface area contributed by atoms with Crippen molar-refractivity contribution in [3.8, 4) is 0 Å². The Bertz CT molecular complexity index is 694. The molecule has 114 valence electrons. The first-order valence-electron chi connectivity index (χ1n) is 6.03. The van der Waals surface area contributed by atoms with Crippen molar-refractivity contribution in [1.29, 1.82) is 0 Å². The predicted octanol–water partition coefficient (Wildman–Crippen LogP) is -1.64. The molecule has 7 N–H and O–H groups in total. The van der Waals surface area contributed by atoms with E-state index in [9.17, 15) is 10.2 Å². The molecule has 0 aromatic carbocycles. The highest BCUT2D eigenvalue weighted by atomic mass is 79.9. The van der Waals surface area contributed by atoms with Crippen LogP contribution in [0.15, 0.2) is 4.73 Å². The van der Waals surface area contributed by atoms with E-state index < -0.39 is 31.1 Å². The van der Waals surface area contributed by atoms with Crippen LogP contribution in [0.3, 0.4) is 0 Å². The van der Waals surface area contributed by atoms with Gasteiger partial charge in [-0.3, -0.25) is 4.57 Å². The number of halogens is 1. The first kappa shape index (κ1) is 14.4. The molecular formula is C10H13BrN6O4. The Balaban J connectivity index is 2.15. The molecule has 0 unspecified atom stereocenters. The Hall–Kier alpha value is -1.53. The zero-order valence-electron chi connectivity index (χ0n) is 10.6. The van der Waals surface area contributed by atoms with Crippen LogP contribution in [0.5, 0.6) is 0 Å². The van der Waals surface area contributed by atoms with Crippen LogP contribution in [0.2, 0.25) is 0 Å². The first-order chi connectivity index (χ1) is 9.93. The molecule has 1 saturated heterocycles. The van der Waals surface area contributed by atoms with Gasteiger partial charge in [0.25, 0.3) is 0 Å². The molecule has 3 heterocycles. The fraction of sp³-hybridized carbons (Fsp3) is 0.500. The lowest BCUT2D eigenvalue weighted by atomic mass is 10.1. The van der Waals surface area contributed by atoms with Gasteiger partial charge in [-0.25, -0.2) is 4.98 Å². The minimum absolute atomic E-state index is 0.0552. The second-order valence-corrected chi connectivity index (χ2v) is 5.33. The van der Waals surface area contributed by atoms with Gasteiger partial charge in [0.15, 0.2) is 27.9 Å². The van der Waals surface area contributed by atoms with E-state index in [1.165, 1.54) is 4.57 Å². The van der Waals surface area contributed by atoms with Crippen LogP contribution in [0.4, 0.5) is 11.8 Å². The molecule has 0 bridgehead atoms. The van der Waals surface area contributed by atoms with Gasteiger partial charge in [0.2, 0.25) is 5.95 Å². The standard InChI is InChI=1S/C10H13BrN6O4/c11-9-14-3-6(12)15-10(13)16-7(3)17(9)8-5(20)4(19)2(1-18)21-8/h2,4-5,8,18-20H,1H2,(H4,12,13,15,16)/t2-,4-,5-,8-/m1/s1. The van der Waals surface area contributed by atoms with E-state index in [4.69, 9.17) is 21.3 Å². The zero-order chi connectivity index (χ0) is 15.3. The Morgan fingerprint density at radius 1 is 1.19 bits per heavy atom. The normalized spacial score (nSPS) is 29.3. The molecule has 1 aliphatic heterocycles. The molecule has 4 atom stereocenters. The van der Waals surface area contributed by atoms with Crippen molar-refractivity contribution < 1.29 is 20.1 Å². The Kier molecular flexibility index (Phi) is 3.45. The number of anilines is 2. The van der Waals surface area contributed by atoms with E-state index in [2.05, 4.69) is 30.9 Å². The molecule has 21 heavy (non-hydrogen) atoms. The number of aliphatic hydroxyl groups excluding tert-OH is 3. The molecule has 0 amide bonds. The van der Waals surface area contributed by atoms with Gasteiger partial charge in [-0.05, 0) is 15.9 Å². The van der Waals surface area contributed by atoms with E-state index >= 15 is 0 Å². The number of hydrogen-bond donors (Lipinski definition) is 5. The smallest absolute Gasteiger partial charge is 0.224 e. The van der Waals surface area contributed by atoms with E-state index in [1.54, 1.807) is 0 Å². The van der Waals surface area contributed by atoms with Crippen molar-refractivity contribution in [2.24, 2.45) is 0 Å². The SMILES string of the molecule is Nc1nc(N)c2nc(Br)n([C@@H]3O[C@H](CO)[C@@H](O)[C@H]3O)c2n1. The molecule has 1 fully saturated rings. The fourth-order valence-electron chi connectivity index (χ4n) is 2.30. The van der Waals surface area contributed by atoms with Gasteiger partial charge in [0.05, 0.1) is 6.61 Å². The summed E-state index contributed by atoms with van der Waals surface area (Å²) in [6.45, 7) is -0.432. The Morgan fingerprint density at radius 3 is 2.52 bits per heavy atom. The summed E-state index contributed by atoms with van der Waals surface area (Å²) < 4.78 is 7.12. The van der Waals surface area contributed by atoms with Crippen molar-refractivity contribution in [2.45, 2.75) is 24.5 Å². The summed E-state index contributed by atoms with van der Waals surface area (Å²) in [5.74, 6) is 0.0316. The molecule has 11 heteroatoms. The fourth-order valence-corrected chi connectivity index (χ4v) is 2.85. The van der Waals surface area contributed by atoms with Crippen LogP contribution in [0.1, 0.15) is 6.23 Å². The van der Waals surface area contributed by atoms with E-state index in [0.29, 0.717) is 0 Å². The third kappa shape index (κ3) is 2.13. The maximum atomic E-state index is 10.1. The number of rotatable bonds is 2. The van der Waals surface area contributed by atoms with Gasteiger partial charge in [-0.2, -0.15) is 9.97 Å². The maximum Gasteiger partial charge on any atom is 0.224 e. The lowest BCUT2D eigenvalue weighted by Crippen LogP contribution is -2.33. The summed E-state index contributed by atoms with van der Waals surface area (Å²) in [6.07, 6.45) is -4.41. The Morgan fingerprint density at radius 2 is 1.90 bits per heavy atom. The largest absolute Gasteiger partial charge is 0.394 e. The van der Waals surface area contributed by atoms with Crippen molar-refractivity contribution in [3.05, 3.63) is 4.73 Å². The summed E-state index contributed by atoms with van der Waals surface area (Å²) in [5, 5.41) is 29.1. The highest BCUT2D eigenvalue weighted by Crippen LogP contribution is 2.35. The van der Waals surface area contributed by atoms with Gasteiger partial charge in [0.1, 0.15) is 18.3 Å². The number of nitrogens with two attached hydrogens (primary N) is 2. The van der Waals surface area contributed by atoms with E-state index in [-0.39, 0.29) is 27.7 Å². The zero-order valence-corrected chi connectivity index (χ0v) is 12.2. The van der Waals surface area contributed by atoms with Crippen LogP contribution in [-0.4, -0.2) is 59.8 Å². The molecule has 3 rings (SSSR count). The van der Waals surface area contributed by atoms with E-state index in [0.717, 1.165) is 0 Å². The van der Waals surface area contributed by atoms with Crippen LogP contribution in [-0.2, 0) is 4.74 Å². The molecule has 2 aromatic heterocycles. The number of nitrogens with zero attached hydrogens (tertiary/aromatic N) is 4.